The van der Waals surface area contributed by atoms with Crippen LogP contribution in [0.1, 0.15) is 15.9 Å². The predicted octanol–water partition coefficient (Wildman–Crippen LogP) is 6.16. The van der Waals surface area contributed by atoms with Crippen molar-refractivity contribution in [2.24, 2.45) is 0 Å². The van der Waals surface area contributed by atoms with E-state index in [9.17, 15) is 4.79 Å². The smallest absolute Gasteiger partial charge is 0.263 e. The van der Waals surface area contributed by atoms with E-state index in [1.54, 1.807) is 17.3 Å². The fourth-order valence-electron chi connectivity index (χ4n) is 3.63. The molecule has 166 valence electrons. The van der Waals surface area contributed by atoms with Crippen LogP contribution in [0.25, 0.3) is 22.6 Å². The van der Waals surface area contributed by atoms with Gasteiger partial charge in [-0.05, 0) is 12.0 Å². The van der Waals surface area contributed by atoms with Gasteiger partial charge in [0.05, 0.1) is 11.3 Å². The zero-order valence-corrected chi connectivity index (χ0v) is 19.2. The molecule has 5 rings (SSSR count). The van der Waals surface area contributed by atoms with Crippen molar-refractivity contribution >= 4 is 22.4 Å². The van der Waals surface area contributed by atoms with Crippen LogP contribution in [0.2, 0.25) is 0 Å². The summed E-state index contributed by atoms with van der Waals surface area (Å²) in [7, 11) is 0. The Hall–Kier alpha value is -4.16. The van der Waals surface area contributed by atoms with Gasteiger partial charge in [0.25, 0.3) is 5.91 Å². The molecule has 2 aromatic heterocycles. The Morgan fingerprint density at radius 3 is 2.00 bits per heavy atom. The molecule has 0 bridgehead atoms. The lowest BCUT2D eigenvalue weighted by Gasteiger charge is -2.20. The van der Waals surface area contributed by atoms with Gasteiger partial charge in [-0.1, -0.05) is 91.0 Å². The van der Waals surface area contributed by atoms with E-state index >= 15 is 0 Å². The van der Waals surface area contributed by atoms with Gasteiger partial charge in [-0.15, -0.1) is 11.3 Å². The minimum Gasteiger partial charge on any atom is -0.284 e. The van der Waals surface area contributed by atoms with Crippen LogP contribution in [0, 0.1) is 0 Å². The molecule has 3 aromatic carbocycles. The normalized spacial score (nSPS) is 10.7. The van der Waals surface area contributed by atoms with Crippen molar-refractivity contribution in [2.75, 3.05) is 11.4 Å². The number of rotatable bonds is 7. The first-order valence-corrected chi connectivity index (χ1v) is 11.9. The van der Waals surface area contributed by atoms with E-state index in [-0.39, 0.29) is 5.91 Å². The third-order valence-electron chi connectivity index (χ3n) is 5.44. The van der Waals surface area contributed by atoms with Crippen molar-refractivity contribution in [1.82, 2.24) is 15.0 Å². The first-order valence-electron chi connectivity index (χ1n) is 11.0. The fourth-order valence-corrected chi connectivity index (χ4v) is 4.49. The van der Waals surface area contributed by atoms with Crippen LogP contribution in [-0.2, 0) is 6.42 Å². The van der Waals surface area contributed by atoms with Gasteiger partial charge < -0.3 is 0 Å². The molecular formula is C28H22N4OS. The zero-order chi connectivity index (χ0) is 23.2. The lowest BCUT2D eigenvalue weighted by Crippen LogP contribution is -2.33. The molecule has 0 atom stereocenters. The van der Waals surface area contributed by atoms with Crippen molar-refractivity contribution < 1.29 is 4.79 Å². The van der Waals surface area contributed by atoms with Crippen molar-refractivity contribution in [1.29, 1.82) is 0 Å². The molecule has 0 unspecified atom stereocenters. The van der Waals surface area contributed by atoms with Gasteiger partial charge in [-0.25, -0.2) is 15.0 Å². The number of amides is 1. The highest BCUT2D eigenvalue weighted by Crippen LogP contribution is 2.28. The number of anilines is 1. The Kier molecular flexibility index (Phi) is 6.49. The summed E-state index contributed by atoms with van der Waals surface area (Å²) in [5, 5.41) is 2.65. The number of aromatic nitrogens is 3. The van der Waals surface area contributed by atoms with Crippen LogP contribution >= 0.6 is 11.3 Å². The van der Waals surface area contributed by atoms with Crippen LogP contribution in [-0.4, -0.2) is 27.4 Å². The molecule has 0 spiro atoms. The molecule has 0 saturated carbocycles. The largest absolute Gasteiger partial charge is 0.284 e. The number of hydrogen-bond acceptors (Lipinski definition) is 5. The second-order valence-electron chi connectivity index (χ2n) is 7.74. The van der Waals surface area contributed by atoms with Gasteiger partial charge in [0, 0.05) is 35.4 Å². The van der Waals surface area contributed by atoms with E-state index in [0.717, 1.165) is 28.8 Å². The molecule has 0 N–H and O–H groups in total. The molecule has 5 aromatic rings. The summed E-state index contributed by atoms with van der Waals surface area (Å²) in [6.45, 7) is 0.505. The number of thiazole rings is 1. The molecule has 0 radical (unpaired) electrons. The summed E-state index contributed by atoms with van der Waals surface area (Å²) in [6.07, 6.45) is 3.91. The van der Waals surface area contributed by atoms with Gasteiger partial charge >= 0.3 is 0 Å². The van der Waals surface area contributed by atoms with Crippen LogP contribution in [0.5, 0.6) is 0 Å². The zero-order valence-electron chi connectivity index (χ0n) is 18.4. The van der Waals surface area contributed by atoms with Crippen LogP contribution in [0.4, 0.5) is 5.13 Å². The monoisotopic (exact) mass is 462 g/mol. The minimum absolute atomic E-state index is 0.162. The predicted molar refractivity (Wildman–Crippen MR) is 137 cm³/mol. The molecule has 0 aliphatic rings. The van der Waals surface area contributed by atoms with E-state index in [4.69, 9.17) is 4.98 Å². The number of hydrogen-bond donors (Lipinski definition) is 0. The molecule has 34 heavy (non-hydrogen) atoms. The third kappa shape index (κ3) is 4.92. The van der Waals surface area contributed by atoms with Gasteiger partial charge in [0.2, 0.25) is 0 Å². The second kappa shape index (κ2) is 10.2. The minimum atomic E-state index is -0.162. The van der Waals surface area contributed by atoms with E-state index in [1.165, 1.54) is 11.3 Å². The molecule has 1 amide bonds. The lowest BCUT2D eigenvalue weighted by molar-refractivity contribution is 0.0986. The van der Waals surface area contributed by atoms with Crippen molar-refractivity contribution in [3.05, 3.63) is 120 Å². The third-order valence-corrected chi connectivity index (χ3v) is 6.30. The van der Waals surface area contributed by atoms with Crippen molar-refractivity contribution in [3.63, 3.8) is 0 Å². The van der Waals surface area contributed by atoms with E-state index in [0.29, 0.717) is 23.1 Å². The fraction of sp³-hybridized carbons (Fsp3) is 0.0714. The summed E-state index contributed by atoms with van der Waals surface area (Å²) >= 11 is 1.46. The molecule has 2 heterocycles. The van der Waals surface area contributed by atoms with Crippen LogP contribution < -0.4 is 4.90 Å². The van der Waals surface area contributed by atoms with Crippen LogP contribution in [0.15, 0.2) is 109 Å². The molecular weight excluding hydrogens is 440 g/mol. The van der Waals surface area contributed by atoms with Gasteiger partial charge in [0.15, 0.2) is 11.0 Å². The summed E-state index contributed by atoms with van der Waals surface area (Å²) in [6, 6.07) is 29.9. The van der Waals surface area contributed by atoms with Crippen molar-refractivity contribution in [2.45, 2.75) is 6.42 Å². The summed E-state index contributed by atoms with van der Waals surface area (Å²) < 4.78 is 0. The Morgan fingerprint density at radius 1 is 0.765 bits per heavy atom. The summed E-state index contributed by atoms with van der Waals surface area (Å²) in [4.78, 5) is 29.0. The SMILES string of the molecule is O=C(c1cnc(-c2ccccc2)nc1)N(CCc1ccccc1)c1nc(-c2ccccc2)cs1. The Balaban J connectivity index is 1.43. The molecule has 0 fully saturated rings. The highest BCUT2D eigenvalue weighted by atomic mass is 32.1. The molecule has 6 heteroatoms. The van der Waals surface area contributed by atoms with E-state index in [1.807, 2.05) is 84.2 Å². The number of benzene rings is 3. The number of nitrogens with zero attached hydrogens (tertiary/aromatic N) is 4. The molecule has 0 aliphatic carbocycles. The first kappa shape index (κ1) is 21.7. The quantitative estimate of drug-likeness (QED) is 0.291. The molecule has 0 saturated heterocycles. The first-order chi connectivity index (χ1) is 16.8. The van der Waals surface area contributed by atoms with E-state index < -0.39 is 0 Å². The molecule has 0 aliphatic heterocycles. The second-order valence-corrected chi connectivity index (χ2v) is 8.57. The number of carbonyl (C=O) groups excluding carboxylic acids is 1. The van der Waals surface area contributed by atoms with Crippen molar-refractivity contribution in [3.8, 4) is 22.6 Å². The topological polar surface area (TPSA) is 59.0 Å². The maximum Gasteiger partial charge on any atom is 0.263 e. The van der Waals surface area contributed by atoms with E-state index in [2.05, 4.69) is 22.1 Å². The Bertz CT molecular complexity index is 1350. The molecule has 5 nitrogen and oxygen atoms in total. The van der Waals surface area contributed by atoms with Crippen LogP contribution in [0.3, 0.4) is 0 Å². The summed E-state index contributed by atoms with van der Waals surface area (Å²) in [5.41, 5.74) is 4.39. The maximum absolute atomic E-state index is 13.6. The Labute approximate surface area is 202 Å². The average Bonchev–Trinajstić information content (AvgIpc) is 3.40. The van der Waals surface area contributed by atoms with Gasteiger partial charge in [0.1, 0.15) is 0 Å². The van der Waals surface area contributed by atoms with Gasteiger partial charge in [-0.2, -0.15) is 0 Å². The average molecular weight is 463 g/mol. The van der Waals surface area contributed by atoms with Gasteiger partial charge in [-0.3, -0.25) is 9.69 Å². The summed E-state index contributed by atoms with van der Waals surface area (Å²) in [5.74, 6) is 0.429. The highest BCUT2D eigenvalue weighted by molar-refractivity contribution is 7.14. The maximum atomic E-state index is 13.6. The standard InChI is InChI=1S/C28H22N4OS/c33-27(24-18-29-26(30-19-24)23-14-8-3-9-15-23)32(17-16-21-10-4-1-5-11-21)28-31-25(20-34-28)22-12-6-2-7-13-22/h1-15,18-20H,16-17H2. The number of carbonyl (C=O) groups is 1. The highest BCUT2D eigenvalue weighted by Gasteiger charge is 2.22. The Morgan fingerprint density at radius 2 is 1.35 bits per heavy atom. The lowest BCUT2D eigenvalue weighted by atomic mass is 10.1.